The van der Waals surface area contributed by atoms with Crippen LogP contribution in [0.3, 0.4) is 0 Å². The highest BCUT2D eigenvalue weighted by Crippen LogP contribution is 2.68. The molecule has 0 saturated heterocycles. The van der Waals surface area contributed by atoms with Crippen molar-refractivity contribution in [2.45, 2.75) is 74.1 Å². The van der Waals surface area contributed by atoms with Gasteiger partial charge in [0.05, 0.1) is 0 Å². The summed E-state index contributed by atoms with van der Waals surface area (Å²) in [5.74, 6) is 2.79. The Balaban J connectivity index is 2.18. The van der Waals surface area contributed by atoms with Crippen molar-refractivity contribution in [3.8, 4) is 0 Å². The topological polar surface area (TPSA) is 0 Å². The van der Waals surface area contributed by atoms with Crippen LogP contribution in [0.15, 0.2) is 0 Å². The average Bonchev–Trinajstić information content (AvgIpc) is 2.49. The summed E-state index contributed by atoms with van der Waals surface area (Å²) in [6.45, 7) is 17.3. The van der Waals surface area contributed by atoms with E-state index >= 15 is 0 Å². The Morgan fingerprint density at radius 3 is 1.59 bits per heavy atom. The Morgan fingerprint density at radius 2 is 1.29 bits per heavy atom. The summed E-state index contributed by atoms with van der Waals surface area (Å²) in [5, 5.41) is 0. The molecule has 17 heavy (non-hydrogen) atoms. The molecule has 2 aliphatic rings. The molecule has 0 aromatic carbocycles. The molecule has 2 rings (SSSR count). The lowest BCUT2D eigenvalue weighted by atomic mass is 9.71. The first-order valence-corrected chi connectivity index (χ1v) is 7.57. The van der Waals surface area contributed by atoms with Gasteiger partial charge in [-0.1, -0.05) is 48.5 Å². The minimum absolute atomic E-state index is 0.504. The van der Waals surface area contributed by atoms with Crippen molar-refractivity contribution < 1.29 is 0 Å². The van der Waals surface area contributed by atoms with Gasteiger partial charge in [0.25, 0.3) is 0 Å². The van der Waals surface area contributed by atoms with E-state index in [-0.39, 0.29) is 0 Å². The lowest BCUT2D eigenvalue weighted by Gasteiger charge is -2.34. The third-order valence-corrected chi connectivity index (χ3v) is 6.44. The largest absolute Gasteiger partial charge is 0.0625 e. The molecule has 0 aliphatic heterocycles. The van der Waals surface area contributed by atoms with Gasteiger partial charge in [0.2, 0.25) is 0 Å². The molecule has 0 amide bonds. The van der Waals surface area contributed by atoms with E-state index in [0.717, 1.165) is 17.8 Å². The fourth-order valence-electron chi connectivity index (χ4n) is 4.63. The van der Waals surface area contributed by atoms with Gasteiger partial charge in [0.1, 0.15) is 0 Å². The summed E-state index contributed by atoms with van der Waals surface area (Å²) in [6, 6.07) is 0. The number of rotatable bonds is 1. The maximum absolute atomic E-state index is 2.58. The molecule has 0 heterocycles. The lowest BCUT2D eigenvalue weighted by Crippen LogP contribution is -2.25. The first-order chi connectivity index (χ1) is 7.57. The van der Waals surface area contributed by atoms with Gasteiger partial charge < -0.3 is 0 Å². The zero-order valence-corrected chi connectivity index (χ0v) is 13.1. The molecule has 2 fully saturated rings. The predicted molar refractivity (Wildman–Crippen MR) is 76.0 cm³/mol. The summed E-state index contributed by atoms with van der Waals surface area (Å²) in [5.41, 5.74) is 1.75. The van der Waals surface area contributed by atoms with Crippen molar-refractivity contribution in [2.75, 3.05) is 0 Å². The molecular formula is C17H32. The van der Waals surface area contributed by atoms with Crippen molar-refractivity contribution in [3.05, 3.63) is 0 Å². The van der Waals surface area contributed by atoms with E-state index in [4.69, 9.17) is 0 Å². The van der Waals surface area contributed by atoms with Crippen LogP contribution < -0.4 is 0 Å². The van der Waals surface area contributed by atoms with Gasteiger partial charge in [-0.3, -0.25) is 0 Å². The molecule has 2 aliphatic carbocycles. The Kier molecular flexibility index (Phi) is 2.96. The maximum atomic E-state index is 2.58. The number of fused-ring (bicyclic) bond motifs is 1. The summed E-state index contributed by atoms with van der Waals surface area (Å²) in [6.07, 6.45) is 5.90. The van der Waals surface area contributed by atoms with Crippen LogP contribution in [0.5, 0.6) is 0 Å². The normalized spacial score (nSPS) is 46.6. The van der Waals surface area contributed by atoms with Crippen LogP contribution in [0.2, 0.25) is 0 Å². The highest BCUT2D eigenvalue weighted by atomic mass is 14.6. The maximum Gasteiger partial charge on any atom is -0.0266 e. The molecular weight excluding hydrogens is 204 g/mol. The van der Waals surface area contributed by atoms with Crippen LogP contribution in [-0.4, -0.2) is 0 Å². The zero-order chi connectivity index (χ0) is 13.1. The highest BCUT2D eigenvalue weighted by molar-refractivity contribution is 5.09. The van der Waals surface area contributed by atoms with Crippen molar-refractivity contribution in [1.29, 1.82) is 0 Å². The van der Waals surface area contributed by atoms with E-state index in [2.05, 4.69) is 48.5 Å². The second-order valence-corrected chi connectivity index (χ2v) is 9.00. The Labute approximate surface area is 109 Å². The van der Waals surface area contributed by atoms with E-state index in [1.165, 1.54) is 25.7 Å². The molecule has 2 saturated carbocycles. The first kappa shape index (κ1) is 13.4. The fraction of sp³-hybridized carbons (Fsp3) is 1.00. The van der Waals surface area contributed by atoms with E-state index in [0.29, 0.717) is 16.2 Å². The molecule has 0 bridgehead atoms. The summed E-state index contributed by atoms with van der Waals surface area (Å²) >= 11 is 0. The molecule has 0 aromatic heterocycles. The minimum atomic E-state index is 0.504. The highest BCUT2D eigenvalue weighted by Gasteiger charge is 2.59. The molecule has 0 heteroatoms. The van der Waals surface area contributed by atoms with E-state index < -0.39 is 0 Å². The quantitative estimate of drug-likeness (QED) is 0.562. The molecule has 0 N–H and O–H groups in total. The second-order valence-electron chi connectivity index (χ2n) is 9.00. The van der Waals surface area contributed by atoms with Gasteiger partial charge >= 0.3 is 0 Å². The first-order valence-electron chi connectivity index (χ1n) is 7.57. The van der Waals surface area contributed by atoms with Gasteiger partial charge in [-0.15, -0.1) is 0 Å². The van der Waals surface area contributed by atoms with Crippen LogP contribution in [0.1, 0.15) is 74.1 Å². The molecule has 4 atom stereocenters. The summed E-state index contributed by atoms with van der Waals surface area (Å²) in [4.78, 5) is 0. The van der Waals surface area contributed by atoms with Gasteiger partial charge in [-0.05, 0) is 59.7 Å². The smallest absolute Gasteiger partial charge is 0.0266 e. The third kappa shape index (κ3) is 2.06. The minimum Gasteiger partial charge on any atom is -0.0625 e. The standard InChI is InChI=1S/C17H32/c1-12(2)13-8-16(6)10-14(15(3,4)5)11-17(16,7)9-13/h12-14H,8-11H2,1-7H3/t13?,14?,16-,17+. The average molecular weight is 236 g/mol. The predicted octanol–water partition coefficient (Wildman–Crippen LogP) is 5.52. The van der Waals surface area contributed by atoms with Gasteiger partial charge in [0, 0.05) is 0 Å². The zero-order valence-electron chi connectivity index (χ0n) is 13.1. The van der Waals surface area contributed by atoms with E-state index in [1.807, 2.05) is 0 Å². The van der Waals surface area contributed by atoms with Crippen molar-refractivity contribution >= 4 is 0 Å². The molecule has 100 valence electrons. The van der Waals surface area contributed by atoms with Crippen LogP contribution in [0.25, 0.3) is 0 Å². The van der Waals surface area contributed by atoms with Crippen molar-refractivity contribution in [3.63, 3.8) is 0 Å². The fourth-order valence-corrected chi connectivity index (χ4v) is 4.63. The Morgan fingerprint density at radius 1 is 0.882 bits per heavy atom. The molecule has 0 radical (unpaired) electrons. The van der Waals surface area contributed by atoms with Gasteiger partial charge in [0.15, 0.2) is 0 Å². The third-order valence-electron chi connectivity index (χ3n) is 6.44. The van der Waals surface area contributed by atoms with Crippen molar-refractivity contribution in [2.24, 2.45) is 34.0 Å². The molecule has 0 aromatic rings. The lowest BCUT2D eigenvalue weighted by molar-refractivity contribution is 0.157. The second kappa shape index (κ2) is 3.75. The monoisotopic (exact) mass is 236 g/mol. The SMILES string of the molecule is CC(C)C1C[C@@]2(C)CC(C(C)(C)C)C[C@@]2(C)C1. The van der Waals surface area contributed by atoms with Gasteiger partial charge in [-0.2, -0.15) is 0 Å². The van der Waals surface area contributed by atoms with Crippen LogP contribution in [-0.2, 0) is 0 Å². The van der Waals surface area contributed by atoms with Crippen molar-refractivity contribution in [1.82, 2.24) is 0 Å². The van der Waals surface area contributed by atoms with E-state index in [1.54, 1.807) is 0 Å². The molecule has 0 spiro atoms. The Hall–Kier alpha value is 0. The summed E-state index contributed by atoms with van der Waals surface area (Å²) in [7, 11) is 0. The summed E-state index contributed by atoms with van der Waals surface area (Å²) < 4.78 is 0. The van der Waals surface area contributed by atoms with E-state index in [9.17, 15) is 0 Å². The number of hydrogen-bond donors (Lipinski definition) is 0. The van der Waals surface area contributed by atoms with Crippen LogP contribution in [0.4, 0.5) is 0 Å². The van der Waals surface area contributed by atoms with Crippen LogP contribution in [0, 0.1) is 34.0 Å². The number of hydrogen-bond acceptors (Lipinski definition) is 0. The Bertz CT molecular complexity index is 276. The molecule has 0 nitrogen and oxygen atoms in total. The molecule has 2 unspecified atom stereocenters. The van der Waals surface area contributed by atoms with Crippen LogP contribution >= 0.6 is 0 Å². The van der Waals surface area contributed by atoms with Gasteiger partial charge in [-0.25, -0.2) is 0 Å².